The highest BCUT2D eigenvalue weighted by molar-refractivity contribution is 7.99. The maximum Gasteiger partial charge on any atom is 0.344 e. The van der Waals surface area contributed by atoms with E-state index in [0.29, 0.717) is 17.0 Å². The van der Waals surface area contributed by atoms with Gasteiger partial charge in [0.1, 0.15) is 5.75 Å². The number of carbonyl (C=O) groups excluding carboxylic acids is 2. The van der Waals surface area contributed by atoms with Gasteiger partial charge in [0, 0.05) is 29.9 Å². The quantitative estimate of drug-likeness (QED) is 0.470. The Hall–Kier alpha value is -2.31. The van der Waals surface area contributed by atoms with Crippen molar-refractivity contribution in [3.63, 3.8) is 0 Å². The molecule has 0 aromatic heterocycles. The van der Waals surface area contributed by atoms with Gasteiger partial charge in [-0.2, -0.15) is 0 Å². The van der Waals surface area contributed by atoms with Crippen LogP contribution in [-0.2, 0) is 9.53 Å². The fourth-order valence-electron chi connectivity index (χ4n) is 2.69. The van der Waals surface area contributed by atoms with E-state index in [1.54, 1.807) is 42.1 Å². The van der Waals surface area contributed by atoms with E-state index in [4.69, 9.17) is 9.47 Å². The molecular weight excluding hydrogens is 350 g/mol. The molecule has 1 unspecified atom stereocenters. The van der Waals surface area contributed by atoms with Gasteiger partial charge in [0.05, 0.1) is 11.7 Å². The number of nitrogens with one attached hydrogen (secondary N) is 1. The summed E-state index contributed by atoms with van der Waals surface area (Å²) in [5.41, 5.74) is 1.20. The van der Waals surface area contributed by atoms with Crippen LogP contribution in [0.2, 0.25) is 0 Å². The molecule has 0 spiro atoms. The molecule has 2 aromatic rings. The summed E-state index contributed by atoms with van der Waals surface area (Å²) in [7, 11) is 0. The van der Waals surface area contributed by atoms with E-state index in [2.05, 4.69) is 5.32 Å². The van der Waals surface area contributed by atoms with Crippen molar-refractivity contribution >= 4 is 29.3 Å². The summed E-state index contributed by atoms with van der Waals surface area (Å²) in [4.78, 5) is 24.5. The Labute approximate surface area is 157 Å². The van der Waals surface area contributed by atoms with E-state index in [9.17, 15) is 9.59 Å². The molecule has 1 fully saturated rings. The minimum Gasteiger partial charge on any atom is -0.423 e. The van der Waals surface area contributed by atoms with Crippen molar-refractivity contribution in [1.29, 1.82) is 0 Å². The predicted octanol–water partition coefficient (Wildman–Crippen LogP) is 4.14. The summed E-state index contributed by atoms with van der Waals surface area (Å²) in [5.74, 6) is 0.720. The van der Waals surface area contributed by atoms with Gasteiger partial charge in [0.25, 0.3) is 0 Å². The first-order chi connectivity index (χ1) is 12.6. The number of ether oxygens (including phenoxy) is 2. The smallest absolute Gasteiger partial charge is 0.344 e. The van der Waals surface area contributed by atoms with Crippen molar-refractivity contribution in [1.82, 2.24) is 0 Å². The summed E-state index contributed by atoms with van der Waals surface area (Å²) >= 11 is 1.62. The van der Waals surface area contributed by atoms with Crippen molar-refractivity contribution in [2.45, 2.75) is 30.8 Å². The highest BCUT2D eigenvalue weighted by Gasteiger charge is 2.18. The minimum absolute atomic E-state index is 0.146. The second-order valence-corrected chi connectivity index (χ2v) is 7.10. The van der Waals surface area contributed by atoms with Crippen molar-refractivity contribution < 1.29 is 19.1 Å². The van der Waals surface area contributed by atoms with E-state index in [1.807, 2.05) is 18.2 Å². The number of thioether (sulfide) groups is 1. The minimum atomic E-state index is -0.396. The van der Waals surface area contributed by atoms with Gasteiger partial charge >= 0.3 is 5.97 Å². The van der Waals surface area contributed by atoms with Crippen molar-refractivity contribution in [3.05, 3.63) is 54.1 Å². The normalized spacial score (nSPS) is 16.3. The molecule has 1 saturated heterocycles. The van der Waals surface area contributed by atoms with Crippen LogP contribution in [0.4, 0.5) is 5.69 Å². The lowest BCUT2D eigenvalue weighted by molar-refractivity contribution is -0.114. The molecule has 5 nitrogen and oxygen atoms in total. The molecule has 1 aliphatic rings. The van der Waals surface area contributed by atoms with Crippen LogP contribution in [0.5, 0.6) is 5.75 Å². The van der Waals surface area contributed by atoms with Gasteiger partial charge in [-0.3, -0.25) is 4.79 Å². The van der Waals surface area contributed by atoms with Gasteiger partial charge < -0.3 is 14.8 Å². The van der Waals surface area contributed by atoms with Crippen LogP contribution in [-0.4, -0.2) is 30.3 Å². The molecule has 26 heavy (non-hydrogen) atoms. The summed E-state index contributed by atoms with van der Waals surface area (Å²) in [6.45, 7) is 2.27. The second-order valence-electron chi connectivity index (χ2n) is 6.04. The Morgan fingerprint density at radius 1 is 1.19 bits per heavy atom. The molecule has 0 radical (unpaired) electrons. The van der Waals surface area contributed by atoms with Gasteiger partial charge in [-0.1, -0.05) is 12.1 Å². The zero-order valence-electron chi connectivity index (χ0n) is 14.6. The van der Waals surface area contributed by atoms with Gasteiger partial charge in [-0.25, -0.2) is 4.79 Å². The predicted molar refractivity (Wildman–Crippen MR) is 102 cm³/mol. The number of hydrogen-bond donors (Lipinski definition) is 1. The van der Waals surface area contributed by atoms with Crippen molar-refractivity contribution in [3.8, 4) is 5.75 Å². The van der Waals surface area contributed by atoms with Crippen LogP contribution in [0.3, 0.4) is 0 Å². The zero-order valence-corrected chi connectivity index (χ0v) is 15.4. The summed E-state index contributed by atoms with van der Waals surface area (Å²) < 4.78 is 11.1. The highest BCUT2D eigenvalue weighted by atomic mass is 32.2. The van der Waals surface area contributed by atoms with Crippen molar-refractivity contribution in [2.24, 2.45) is 0 Å². The third kappa shape index (κ3) is 5.09. The van der Waals surface area contributed by atoms with E-state index in [-0.39, 0.29) is 12.0 Å². The Kier molecular flexibility index (Phi) is 6.30. The van der Waals surface area contributed by atoms with Gasteiger partial charge in [-0.15, -0.1) is 11.8 Å². The van der Waals surface area contributed by atoms with E-state index in [1.165, 1.54) is 6.92 Å². The molecule has 1 amide bonds. The Bertz CT molecular complexity index is 770. The first-order valence-electron chi connectivity index (χ1n) is 8.55. The molecule has 1 heterocycles. The Morgan fingerprint density at radius 2 is 1.96 bits per heavy atom. The molecule has 0 bridgehead atoms. The fourth-order valence-corrected chi connectivity index (χ4v) is 3.80. The second kappa shape index (κ2) is 8.87. The van der Waals surface area contributed by atoms with Crippen LogP contribution in [0.25, 0.3) is 0 Å². The molecule has 6 heteroatoms. The molecule has 3 rings (SSSR count). The van der Waals surface area contributed by atoms with Crippen LogP contribution in [0.1, 0.15) is 30.1 Å². The number of benzene rings is 2. The van der Waals surface area contributed by atoms with Crippen LogP contribution >= 0.6 is 11.8 Å². The largest absolute Gasteiger partial charge is 0.423 e. The molecule has 1 aliphatic heterocycles. The Balaban J connectivity index is 1.64. The molecule has 2 aromatic carbocycles. The standard InChI is InChI=1S/C20H21NO4S/c1-14(22)21-15-8-10-16(11-9-15)25-20(23)18-6-2-3-7-19(18)26-13-17-5-4-12-24-17/h2-3,6-11,17H,4-5,12-13H2,1H3,(H,21,22). The van der Waals surface area contributed by atoms with Gasteiger partial charge in [0.2, 0.25) is 5.91 Å². The third-order valence-electron chi connectivity index (χ3n) is 3.94. The summed E-state index contributed by atoms with van der Waals surface area (Å²) in [5, 5.41) is 2.67. The monoisotopic (exact) mass is 371 g/mol. The van der Waals surface area contributed by atoms with E-state index in [0.717, 1.165) is 30.1 Å². The SMILES string of the molecule is CC(=O)Nc1ccc(OC(=O)c2ccccc2SCC2CCCO2)cc1. The van der Waals surface area contributed by atoms with E-state index < -0.39 is 5.97 Å². The lowest BCUT2D eigenvalue weighted by Gasteiger charge is -2.12. The Morgan fingerprint density at radius 3 is 2.65 bits per heavy atom. The number of carbonyl (C=O) groups is 2. The maximum atomic E-state index is 12.6. The molecule has 1 N–H and O–H groups in total. The number of amides is 1. The first-order valence-corrected chi connectivity index (χ1v) is 9.53. The van der Waals surface area contributed by atoms with Crippen LogP contribution < -0.4 is 10.1 Å². The number of anilines is 1. The zero-order chi connectivity index (χ0) is 18.4. The lowest BCUT2D eigenvalue weighted by Crippen LogP contribution is -2.12. The van der Waals surface area contributed by atoms with Gasteiger partial charge in [-0.05, 0) is 49.2 Å². The number of rotatable bonds is 6. The van der Waals surface area contributed by atoms with Gasteiger partial charge in [0.15, 0.2) is 0 Å². The van der Waals surface area contributed by atoms with Crippen LogP contribution in [0, 0.1) is 0 Å². The average Bonchev–Trinajstić information content (AvgIpc) is 3.15. The molecule has 0 aliphatic carbocycles. The molecule has 1 atom stereocenters. The fraction of sp³-hybridized carbons (Fsp3) is 0.300. The third-order valence-corrected chi connectivity index (χ3v) is 5.15. The topological polar surface area (TPSA) is 64.6 Å². The first kappa shape index (κ1) is 18.5. The molecule has 0 saturated carbocycles. The lowest BCUT2D eigenvalue weighted by atomic mass is 10.2. The molecular formula is C20H21NO4S. The van der Waals surface area contributed by atoms with E-state index >= 15 is 0 Å². The average molecular weight is 371 g/mol. The maximum absolute atomic E-state index is 12.6. The highest BCUT2D eigenvalue weighted by Crippen LogP contribution is 2.28. The van der Waals surface area contributed by atoms with Crippen LogP contribution in [0.15, 0.2) is 53.4 Å². The summed E-state index contributed by atoms with van der Waals surface area (Å²) in [6, 6.07) is 14.1. The summed E-state index contributed by atoms with van der Waals surface area (Å²) in [6.07, 6.45) is 2.43. The number of esters is 1. The number of hydrogen-bond acceptors (Lipinski definition) is 5. The molecule has 136 valence electrons. The van der Waals surface area contributed by atoms with Crippen molar-refractivity contribution in [2.75, 3.05) is 17.7 Å².